The molecule has 0 N–H and O–H groups in total. The first kappa shape index (κ1) is 14.7. The smallest absolute Gasteiger partial charge is 0.00554 e. The summed E-state index contributed by atoms with van der Waals surface area (Å²) in [6, 6.07) is 28.8. The molecule has 2 atom stereocenters. The molecule has 0 bridgehead atoms. The average Bonchev–Trinajstić information content (AvgIpc) is 3.14. The molecule has 122 valence electrons. The van der Waals surface area contributed by atoms with E-state index in [4.69, 9.17) is 0 Å². The predicted molar refractivity (Wildman–Crippen MR) is 105 cm³/mol. The minimum Gasteiger partial charge on any atom is -0.0769 e. The topological polar surface area (TPSA) is 0 Å². The van der Waals surface area contributed by atoms with Crippen LogP contribution in [0.1, 0.15) is 35.4 Å². The molecule has 2 aliphatic rings. The molecule has 0 spiro atoms. The van der Waals surface area contributed by atoms with Crippen LogP contribution < -0.4 is 0 Å². The van der Waals surface area contributed by atoms with Crippen molar-refractivity contribution in [1.82, 2.24) is 0 Å². The highest BCUT2D eigenvalue weighted by Crippen LogP contribution is 2.48. The van der Waals surface area contributed by atoms with Crippen LogP contribution >= 0.6 is 0 Å². The van der Waals surface area contributed by atoms with Gasteiger partial charge in [-0.1, -0.05) is 84.9 Å². The monoisotopic (exact) mass is 322 g/mol. The second-order valence-corrected chi connectivity index (χ2v) is 7.35. The fraction of sp³-hybridized carbons (Fsp3) is 0.200. The lowest BCUT2D eigenvalue weighted by Gasteiger charge is -2.28. The molecule has 0 saturated heterocycles. The number of hydrogen-bond donors (Lipinski definition) is 0. The molecule has 3 aromatic carbocycles. The van der Waals surface area contributed by atoms with Crippen LogP contribution in [0.3, 0.4) is 0 Å². The first-order chi connectivity index (χ1) is 12.4. The molecule has 0 fully saturated rings. The van der Waals surface area contributed by atoms with Gasteiger partial charge in [-0.2, -0.15) is 0 Å². The van der Waals surface area contributed by atoms with E-state index in [0.29, 0.717) is 5.92 Å². The number of benzene rings is 3. The highest BCUT2D eigenvalue weighted by Gasteiger charge is 2.33. The van der Waals surface area contributed by atoms with Crippen LogP contribution in [0.2, 0.25) is 0 Å². The molecule has 25 heavy (non-hydrogen) atoms. The minimum absolute atomic E-state index is 0.689. The van der Waals surface area contributed by atoms with Crippen LogP contribution in [-0.2, 0) is 6.42 Å². The summed E-state index contributed by atoms with van der Waals surface area (Å²) in [6.07, 6.45) is 6.27. The summed E-state index contributed by atoms with van der Waals surface area (Å²) in [7, 11) is 0. The number of hydrogen-bond acceptors (Lipinski definition) is 0. The normalized spacial score (nSPS) is 21.4. The summed E-state index contributed by atoms with van der Waals surface area (Å²) >= 11 is 0. The van der Waals surface area contributed by atoms with E-state index in [1.165, 1.54) is 41.5 Å². The minimum atomic E-state index is 0.689. The standard InChI is InChI=1S/C25H22/c1-2-6-18(7-3-1)19-10-12-20(13-11-19)23-16-22-15-14-21-8-4-5-9-24(21)25(22)17-23/h1-13,16,22,25H,14-15,17H2. The Morgan fingerprint density at radius 1 is 0.640 bits per heavy atom. The molecule has 0 aliphatic heterocycles. The van der Waals surface area contributed by atoms with E-state index in [9.17, 15) is 0 Å². The zero-order chi connectivity index (χ0) is 16.6. The van der Waals surface area contributed by atoms with E-state index < -0.39 is 0 Å². The lowest BCUT2D eigenvalue weighted by atomic mass is 9.77. The molecule has 3 aromatic rings. The Balaban J connectivity index is 1.42. The van der Waals surface area contributed by atoms with Gasteiger partial charge in [0.05, 0.1) is 0 Å². The third-order valence-corrected chi connectivity index (χ3v) is 5.94. The lowest BCUT2D eigenvalue weighted by molar-refractivity contribution is 0.473. The maximum atomic E-state index is 2.55. The molecular formula is C25H22. The second-order valence-electron chi connectivity index (χ2n) is 7.35. The lowest BCUT2D eigenvalue weighted by Crippen LogP contribution is -2.15. The van der Waals surface area contributed by atoms with Crippen LogP contribution in [-0.4, -0.2) is 0 Å². The van der Waals surface area contributed by atoms with Gasteiger partial charge in [-0.05, 0) is 64.5 Å². The summed E-state index contributed by atoms with van der Waals surface area (Å²) in [5.41, 5.74) is 8.67. The summed E-state index contributed by atoms with van der Waals surface area (Å²) in [5.74, 6) is 1.41. The Morgan fingerprint density at radius 3 is 2.16 bits per heavy atom. The van der Waals surface area contributed by atoms with Crippen molar-refractivity contribution in [3.05, 3.63) is 102 Å². The Hall–Kier alpha value is -2.60. The van der Waals surface area contributed by atoms with Gasteiger partial charge >= 0.3 is 0 Å². The molecule has 0 saturated carbocycles. The van der Waals surface area contributed by atoms with Gasteiger partial charge < -0.3 is 0 Å². The number of aryl methyl sites for hydroxylation is 1. The fourth-order valence-electron chi connectivity index (χ4n) is 4.62. The largest absolute Gasteiger partial charge is 0.0769 e. The Morgan fingerprint density at radius 2 is 1.32 bits per heavy atom. The van der Waals surface area contributed by atoms with E-state index in [2.05, 4.69) is 84.9 Å². The molecule has 5 rings (SSSR count). The fourth-order valence-corrected chi connectivity index (χ4v) is 4.62. The van der Waals surface area contributed by atoms with Crippen molar-refractivity contribution in [2.75, 3.05) is 0 Å². The molecular weight excluding hydrogens is 300 g/mol. The molecule has 2 aliphatic carbocycles. The van der Waals surface area contributed by atoms with Crippen molar-refractivity contribution in [1.29, 1.82) is 0 Å². The van der Waals surface area contributed by atoms with Crippen LogP contribution in [0, 0.1) is 5.92 Å². The van der Waals surface area contributed by atoms with Crippen LogP contribution in [0.5, 0.6) is 0 Å². The molecule has 2 unspecified atom stereocenters. The van der Waals surface area contributed by atoms with E-state index in [-0.39, 0.29) is 0 Å². The van der Waals surface area contributed by atoms with Crippen molar-refractivity contribution in [3.63, 3.8) is 0 Å². The summed E-state index contributed by atoms with van der Waals surface area (Å²) in [6.45, 7) is 0. The van der Waals surface area contributed by atoms with Gasteiger partial charge in [-0.25, -0.2) is 0 Å². The molecule has 0 heteroatoms. The molecule has 0 radical (unpaired) electrons. The summed E-state index contributed by atoms with van der Waals surface area (Å²) in [4.78, 5) is 0. The van der Waals surface area contributed by atoms with Gasteiger partial charge in [0.2, 0.25) is 0 Å². The second kappa shape index (κ2) is 6.04. The molecule has 0 nitrogen and oxygen atoms in total. The molecule has 0 amide bonds. The first-order valence-corrected chi connectivity index (χ1v) is 9.33. The summed E-state index contributed by atoms with van der Waals surface area (Å²) < 4.78 is 0. The van der Waals surface area contributed by atoms with Crippen molar-refractivity contribution in [3.8, 4) is 11.1 Å². The molecule has 0 aromatic heterocycles. The number of fused-ring (bicyclic) bond motifs is 3. The van der Waals surface area contributed by atoms with Gasteiger partial charge in [-0.15, -0.1) is 0 Å². The van der Waals surface area contributed by atoms with Gasteiger partial charge in [0.25, 0.3) is 0 Å². The van der Waals surface area contributed by atoms with Gasteiger partial charge in [-0.3, -0.25) is 0 Å². The third kappa shape index (κ3) is 2.62. The van der Waals surface area contributed by atoms with Crippen molar-refractivity contribution in [2.45, 2.75) is 25.2 Å². The van der Waals surface area contributed by atoms with Crippen LogP contribution in [0.15, 0.2) is 84.9 Å². The van der Waals surface area contributed by atoms with Crippen molar-refractivity contribution >= 4 is 5.57 Å². The van der Waals surface area contributed by atoms with E-state index in [1.54, 1.807) is 11.1 Å². The summed E-state index contributed by atoms with van der Waals surface area (Å²) in [5, 5.41) is 0. The zero-order valence-electron chi connectivity index (χ0n) is 14.4. The SMILES string of the molecule is C1=C(c2ccc(-c3ccccc3)cc2)CC2c3ccccc3CCC12. The van der Waals surface area contributed by atoms with Crippen LogP contribution in [0.25, 0.3) is 16.7 Å². The Labute approximate surface area is 149 Å². The zero-order valence-corrected chi connectivity index (χ0v) is 14.4. The number of rotatable bonds is 2. The Kier molecular flexibility index (Phi) is 3.56. The maximum Gasteiger partial charge on any atom is -0.00554 e. The van der Waals surface area contributed by atoms with Crippen molar-refractivity contribution in [2.24, 2.45) is 5.92 Å². The van der Waals surface area contributed by atoms with Crippen LogP contribution in [0.4, 0.5) is 0 Å². The van der Waals surface area contributed by atoms with E-state index in [0.717, 1.165) is 5.92 Å². The highest BCUT2D eigenvalue weighted by atomic mass is 14.4. The third-order valence-electron chi connectivity index (χ3n) is 5.94. The molecule has 0 heterocycles. The van der Waals surface area contributed by atoms with Gasteiger partial charge in [0.15, 0.2) is 0 Å². The van der Waals surface area contributed by atoms with Gasteiger partial charge in [0, 0.05) is 0 Å². The average molecular weight is 322 g/mol. The Bertz CT molecular complexity index is 916. The predicted octanol–water partition coefficient (Wildman–Crippen LogP) is 6.49. The van der Waals surface area contributed by atoms with E-state index in [1.807, 2.05) is 0 Å². The van der Waals surface area contributed by atoms with Gasteiger partial charge in [0.1, 0.15) is 0 Å². The first-order valence-electron chi connectivity index (χ1n) is 9.33. The maximum absolute atomic E-state index is 2.55. The quantitative estimate of drug-likeness (QED) is 0.506. The number of allylic oxidation sites excluding steroid dienone is 2. The highest BCUT2D eigenvalue weighted by molar-refractivity contribution is 5.73. The van der Waals surface area contributed by atoms with E-state index >= 15 is 0 Å². The van der Waals surface area contributed by atoms with Crippen molar-refractivity contribution < 1.29 is 0 Å².